The Bertz CT molecular complexity index is 246. The van der Waals surface area contributed by atoms with Gasteiger partial charge in [0.15, 0.2) is 0 Å². The first kappa shape index (κ1) is 15.9. The highest BCUT2D eigenvalue weighted by Crippen LogP contribution is 1.94. The van der Waals surface area contributed by atoms with Crippen LogP contribution in [0.3, 0.4) is 0 Å². The Morgan fingerprint density at radius 3 is 2.41 bits per heavy atom. The van der Waals surface area contributed by atoms with Crippen molar-refractivity contribution in [1.82, 2.24) is 9.80 Å². The Morgan fingerprint density at radius 1 is 1.29 bits per heavy atom. The van der Waals surface area contributed by atoms with E-state index >= 15 is 0 Å². The molecule has 6 nitrogen and oxygen atoms in total. The molecule has 0 aliphatic heterocycles. The van der Waals surface area contributed by atoms with Crippen molar-refractivity contribution in [2.75, 3.05) is 46.9 Å². The van der Waals surface area contributed by atoms with Gasteiger partial charge in [0.05, 0.1) is 20.2 Å². The van der Waals surface area contributed by atoms with E-state index in [1.54, 1.807) is 16.8 Å². The third-order valence-electron chi connectivity index (χ3n) is 2.51. The normalized spacial score (nSPS) is 10.4. The lowest BCUT2D eigenvalue weighted by atomic mass is 10.3. The molecule has 0 aromatic rings. The van der Waals surface area contributed by atoms with Gasteiger partial charge in [-0.05, 0) is 19.5 Å². The van der Waals surface area contributed by atoms with E-state index in [1.807, 2.05) is 6.92 Å². The van der Waals surface area contributed by atoms with Crippen molar-refractivity contribution < 1.29 is 14.3 Å². The van der Waals surface area contributed by atoms with Crippen LogP contribution in [0.1, 0.15) is 13.3 Å². The number of hydrogen-bond acceptors (Lipinski definition) is 5. The van der Waals surface area contributed by atoms with Gasteiger partial charge in [0.25, 0.3) is 0 Å². The van der Waals surface area contributed by atoms with Gasteiger partial charge in [0, 0.05) is 13.6 Å². The first-order valence-electron chi connectivity index (χ1n) is 5.78. The van der Waals surface area contributed by atoms with Crippen molar-refractivity contribution in [3.63, 3.8) is 0 Å². The number of amides is 1. The maximum atomic E-state index is 11.8. The summed E-state index contributed by atoms with van der Waals surface area (Å²) >= 11 is 0. The quantitative estimate of drug-likeness (QED) is 0.572. The summed E-state index contributed by atoms with van der Waals surface area (Å²) in [6, 6.07) is 0. The summed E-state index contributed by atoms with van der Waals surface area (Å²) in [4.78, 5) is 26.3. The number of methoxy groups -OCH3 is 1. The van der Waals surface area contributed by atoms with Crippen LogP contribution in [-0.4, -0.2) is 68.6 Å². The molecule has 0 heterocycles. The van der Waals surface area contributed by atoms with E-state index in [4.69, 9.17) is 5.73 Å². The van der Waals surface area contributed by atoms with E-state index in [2.05, 4.69) is 4.74 Å². The lowest BCUT2D eigenvalue weighted by Gasteiger charge is -2.22. The molecule has 0 unspecified atom stereocenters. The summed E-state index contributed by atoms with van der Waals surface area (Å²) in [5, 5.41) is 0. The molecule has 6 heteroatoms. The van der Waals surface area contributed by atoms with Crippen molar-refractivity contribution in [1.29, 1.82) is 0 Å². The molecular weight excluding hydrogens is 222 g/mol. The van der Waals surface area contributed by atoms with Crippen molar-refractivity contribution in [3.05, 3.63) is 0 Å². The number of hydrogen-bond donors (Lipinski definition) is 1. The van der Waals surface area contributed by atoms with Crippen LogP contribution >= 0.6 is 0 Å². The number of esters is 1. The molecule has 0 saturated heterocycles. The summed E-state index contributed by atoms with van der Waals surface area (Å²) < 4.78 is 4.57. The fourth-order valence-corrected chi connectivity index (χ4v) is 1.29. The molecule has 0 aliphatic carbocycles. The predicted octanol–water partition coefficient (Wildman–Crippen LogP) is -0.711. The highest BCUT2D eigenvalue weighted by atomic mass is 16.5. The Hall–Kier alpha value is -1.14. The van der Waals surface area contributed by atoms with Gasteiger partial charge in [-0.2, -0.15) is 0 Å². The van der Waals surface area contributed by atoms with E-state index < -0.39 is 0 Å². The van der Waals surface area contributed by atoms with Gasteiger partial charge in [-0.3, -0.25) is 14.5 Å². The predicted molar refractivity (Wildman–Crippen MR) is 65.4 cm³/mol. The van der Waals surface area contributed by atoms with Gasteiger partial charge < -0.3 is 15.4 Å². The summed E-state index contributed by atoms with van der Waals surface area (Å²) in [7, 11) is 3.08. The molecule has 0 aromatic heterocycles. The molecule has 0 fully saturated rings. The number of rotatable bonds is 8. The minimum Gasteiger partial charge on any atom is -0.468 e. The Balaban J connectivity index is 4.08. The molecule has 0 rings (SSSR count). The van der Waals surface area contributed by atoms with Gasteiger partial charge in [-0.25, -0.2) is 0 Å². The Kier molecular flexibility index (Phi) is 8.35. The zero-order valence-corrected chi connectivity index (χ0v) is 10.9. The molecule has 0 atom stereocenters. The minimum atomic E-state index is -0.329. The Labute approximate surface area is 103 Å². The van der Waals surface area contributed by atoms with E-state index in [1.165, 1.54) is 7.11 Å². The summed E-state index contributed by atoms with van der Waals surface area (Å²) in [5.41, 5.74) is 5.38. The van der Waals surface area contributed by atoms with Crippen LogP contribution in [-0.2, 0) is 14.3 Å². The number of nitrogens with two attached hydrogens (primary N) is 1. The van der Waals surface area contributed by atoms with Gasteiger partial charge >= 0.3 is 5.97 Å². The molecule has 0 aromatic carbocycles. The minimum absolute atomic E-state index is 0.01000. The topological polar surface area (TPSA) is 75.9 Å². The molecule has 0 bridgehead atoms. The van der Waals surface area contributed by atoms with Crippen molar-refractivity contribution in [2.24, 2.45) is 5.73 Å². The van der Waals surface area contributed by atoms with Gasteiger partial charge in [-0.1, -0.05) is 6.92 Å². The van der Waals surface area contributed by atoms with Gasteiger partial charge in [0.2, 0.25) is 5.91 Å². The zero-order valence-electron chi connectivity index (χ0n) is 10.9. The molecule has 100 valence electrons. The maximum absolute atomic E-state index is 11.8. The summed E-state index contributed by atoms with van der Waals surface area (Å²) in [6.45, 7) is 4.11. The second-order valence-corrected chi connectivity index (χ2v) is 3.84. The standard InChI is InChI=1S/C11H23N3O3/c1-4-14(9-11(16)17-3)8-10(15)13(2)7-5-6-12/h4-9,12H2,1-3H3. The van der Waals surface area contributed by atoms with Crippen LogP contribution in [0.15, 0.2) is 0 Å². The smallest absolute Gasteiger partial charge is 0.319 e. The molecule has 0 radical (unpaired) electrons. The highest BCUT2D eigenvalue weighted by molar-refractivity contribution is 5.79. The largest absolute Gasteiger partial charge is 0.468 e. The van der Waals surface area contributed by atoms with E-state index in [0.717, 1.165) is 6.42 Å². The average Bonchev–Trinajstić information content (AvgIpc) is 2.34. The molecule has 0 saturated carbocycles. The Morgan fingerprint density at radius 2 is 1.94 bits per heavy atom. The molecule has 2 N–H and O–H groups in total. The van der Waals surface area contributed by atoms with E-state index in [0.29, 0.717) is 19.6 Å². The second-order valence-electron chi connectivity index (χ2n) is 3.84. The number of carbonyl (C=O) groups excluding carboxylic acids is 2. The molecule has 0 aliphatic rings. The van der Waals surface area contributed by atoms with E-state index in [-0.39, 0.29) is 25.0 Å². The fraction of sp³-hybridized carbons (Fsp3) is 0.818. The molecule has 1 amide bonds. The monoisotopic (exact) mass is 245 g/mol. The lowest BCUT2D eigenvalue weighted by molar-refractivity contribution is -0.142. The van der Waals surface area contributed by atoms with Crippen molar-refractivity contribution >= 4 is 11.9 Å². The SMILES string of the molecule is CCN(CC(=O)OC)CC(=O)N(C)CCCN. The highest BCUT2D eigenvalue weighted by Gasteiger charge is 2.15. The molecular formula is C11H23N3O3. The van der Waals surface area contributed by atoms with Gasteiger partial charge in [-0.15, -0.1) is 0 Å². The first-order chi connectivity index (χ1) is 8.04. The fourth-order valence-electron chi connectivity index (χ4n) is 1.29. The van der Waals surface area contributed by atoms with Crippen LogP contribution in [0.2, 0.25) is 0 Å². The van der Waals surface area contributed by atoms with Crippen LogP contribution < -0.4 is 5.73 Å². The third-order valence-corrected chi connectivity index (χ3v) is 2.51. The number of nitrogens with zero attached hydrogens (tertiary/aromatic N) is 2. The number of likely N-dealkylation sites (N-methyl/N-ethyl adjacent to an activating group) is 2. The first-order valence-corrected chi connectivity index (χ1v) is 5.78. The van der Waals surface area contributed by atoms with Crippen LogP contribution in [0.25, 0.3) is 0 Å². The lowest BCUT2D eigenvalue weighted by Crippen LogP contribution is -2.41. The van der Waals surface area contributed by atoms with Crippen LogP contribution in [0, 0.1) is 0 Å². The number of ether oxygens (including phenoxy) is 1. The molecule has 0 spiro atoms. The summed E-state index contributed by atoms with van der Waals surface area (Å²) in [6.07, 6.45) is 0.783. The van der Waals surface area contributed by atoms with Crippen molar-refractivity contribution in [2.45, 2.75) is 13.3 Å². The van der Waals surface area contributed by atoms with Crippen LogP contribution in [0.4, 0.5) is 0 Å². The molecule has 17 heavy (non-hydrogen) atoms. The second kappa shape index (κ2) is 8.95. The zero-order chi connectivity index (χ0) is 13.3. The maximum Gasteiger partial charge on any atom is 0.319 e. The van der Waals surface area contributed by atoms with Crippen molar-refractivity contribution in [3.8, 4) is 0 Å². The van der Waals surface area contributed by atoms with Gasteiger partial charge in [0.1, 0.15) is 0 Å². The summed E-state index contributed by atoms with van der Waals surface area (Å²) in [5.74, 6) is -0.339. The van der Waals surface area contributed by atoms with Crippen LogP contribution in [0.5, 0.6) is 0 Å². The van der Waals surface area contributed by atoms with E-state index in [9.17, 15) is 9.59 Å². The average molecular weight is 245 g/mol. The number of carbonyl (C=O) groups is 2. The third kappa shape index (κ3) is 6.91.